The maximum atomic E-state index is 10.5. The summed E-state index contributed by atoms with van der Waals surface area (Å²) in [4.78, 5) is 18.9. The average molecular weight is 263 g/mol. The summed E-state index contributed by atoms with van der Waals surface area (Å²) >= 11 is 5.90. The van der Waals surface area contributed by atoms with E-state index in [1.54, 1.807) is 6.20 Å². The molecule has 0 aliphatic rings. The smallest absolute Gasteiger partial charge is 0.303 e. The third-order valence-electron chi connectivity index (χ3n) is 2.44. The zero-order valence-corrected chi connectivity index (χ0v) is 10.3. The van der Waals surface area contributed by atoms with Crippen LogP contribution in [0, 0.1) is 0 Å². The molecule has 92 valence electrons. The highest BCUT2D eigenvalue weighted by molar-refractivity contribution is 6.30. The van der Waals surface area contributed by atoms with Gasteiger partial charge in [0.15, 0.2) is 5.15 Å². The number of halogens is 1. The monoisotopic (exact) mass is 262 g/mol. The van der Waals surface area contributed by atoms with E-state index in [1.165, 1.54) is 0 Å². The minimum absolute atomic E-state index is 0.00730. The molecule has 1 aromatic carbocycles. The number of aromatic nitrogens is 2. The van der Waals surface area contributed by atoms with Gasteiger partial charge in [-0.05, 0) is 0 Å². The van der Waals surface area contributed by atoms with E-state index < -0.39 is 5.97 Å². The lowest BCUT2D eigenvalue weighted by atomic mass is 10.1. The van der Waals surface area contributed by atoms with Crippen molar-refractivity contribution in [3.05, 3.63) is 47.4 Å². The van der Waals surface area contributed by atoms with Crippen LogP contribution in [0.5, 0.6) is 0 Å². The predicted molar refractivity (Wildman–Crippen MR) is 68.4 cm³/mol. The Morgan fingerprint density at radius 1 is 1.28 bits per heavy atom. The highest BCUT2D eigenvalue weighted by atomic mass is 35.5. The normalized spacial score (nSPS) is 10.3. The van der Waals surface area contributed by atoms with E-state index in [4.69, 9.17) is 16.7 Å². The highest BCUT2D eigenvalue weighted by Gasteiger charge is 2.08. The molecule has 0 aliphatic heterocycles. The highest BCUT2D eigenvalue weighted by Crippen LogP contribution is 2.20. The molecule has 0 unspecified atom stereocenters. The van der Waals surface area contributed by atoms with E-state index in [0.29, 0.717) is 11.4 Å². The van der Waals surface area contributed by atoms with E-state index in [9.17, 15) is 4.79 Å². The van der Waals surface area contributed by atoms with E-state index in [1.807, 2.05) is 30.3 Å². The number of carboxylic acids is 1. The molecule has 18 heavy (non-hydrogen) atoms. The summed E-state index contributed by atoms with van der Waals surface area (Å²) in [5, 5.41) is 8.92. The summed E-state index contributed by atoms with van der Waals surface area (Å²) in [5.74, 6) is -0.877. The lowest BCUT2D eigenvalue weighted by Crippen LogP contribution is -2.02. The van der Waals surface area contributed by atoms with Gasteiger partial charge >= 0.3 is 5.97 Å². The quantitative estimate of drug-likeness (QED) is 0.920. The van der Waals surface area contributed by atoms with Crippen molar-refractivity contribution >= 4 is 17.6 Å². The van der Waals surface area contributed by atoms with Gasteiger partial charge in [0.25, 0.3) is 0 Å². The summed E-state index contributed by atoms with van der Waals surface area (Å²) < 4.78 is 0. The molecule has 0 spiro atoms. The molecular weight excluding hydrogens is 252 g/mol. The molecule has 0 amide bonds. The third-order valence-corrected chi connectivity index (χ3v) is 2.75. The molecular formula is C13H11ClN2O2. The Morgan fingerprint density at radius 3 is 2.67 bits per heavy atom. The van der Waals surface area contributed by atoms with E-state index >= 15 is 0 Å². The molecule has 4 nitrogen and oxygen atoms in total. The van der Waals surface area contributed by atoms with Crippen molar-refractivity contribution < 1.29 is 9.90 Å². The molecule has 0 saturated heterocycles. The summed E-state index contributed by atoms with van der Waals surface area (Å²) in [6.45, 7) is 0. The molecule has 0 fully saturated rings. The third kappa shape index (κ3) is 3.05. The number of hydrogen-bond acceptors (Lipinski definition) is 3. The number of benzene rings is 1. The Morgan fingerprint density at radius 2 is 2.00 bits per heavy atom. The maximum Gasteiger partial charge on any atom is 0.303 e. The van der Waals surface area contributed by atoms with E-state index in [0.717, 1.165) is 5.56 Å². The fourth-order valence-electron chi connectivity index (χ4n) is 1.55. The fraction of sp³-hybridized carbons (Fsp3) is 0.154. The number of hydrogen-bond donors (Lipinski definition) is 1. The van der Waals surface area contributed by atoms with Crippen LogP contribution < -0.4 is 0 Å². The first-order chi connectivity index (χ1) is 8.66. The zero-order chi connectivity index (χ0) is 13.0. The van der Waals surface area contributed by atoms with Crippen molar-refractivity contribution in [1.82, 2.24) is 9.97 Å². The van der Waals surface area contributed by atoms with Gasteiger partial charge in [-0.15, -0.1) is 0 Å². The summed E-state index contributed by atoms with van der Waals surface area (Å²) in [7, 11) is 0. The SMILES string of the molecule is O=C(O)CCc1nc(-c2ccccc2)cnc1Cl. The number of aliphatic carboxylic acids is 1. The molecule has 0 radical (unpaired) electrons. The minimum atomic E-state index is -0.877. The number of aryl methyl sites for hydroxylation is 1. The average Bonchev–Trinajstić information content (AvgIpc) is 2.38. The van der Waals surface area contributed by atoms with Crippen LogP contribution in [0.2, 0.25) is 5.15 Å². The first kappa shape index (κ1) is 12.5. The Labute approximate surface area is 109 Å². The van der Waals surface area contributed by atoms with Gasteiger partial charge in [0.05, 0.1) is 24.0 Å². The van der Waals surface area contributed by atoms with Crippen molar-refractivity contribution in [2.45, 2.75) is 12.8 Å². The molecule has 0 aliphatic carbocycles. The summed E-state index contributed by atoms with van der Waals surface area (Å²) in [5.41, 5.74) is 2.14. The number of rotatable bonds is 4. The minimum Gasteiger partial charge on any atom is -0.481 e. The number of carbonyl (C=O) groups is 1. The van der Waals surface area contributed by atoms with Crippen molar-refractivity contribution in [2.24, 2.45) is 0 Å². The molecule has 1 heterocycles. The van der Waals surface area contributed by atoms with Gasteiger partial charge in [-0.2, -0.15) is 0 Å². The second kappa shape index (κ2) is 5.60. The van der Waals surface area contributed by atoms with Crippen LogP contribution in [-0.2, 0) is 11.2 Å². The Kier molecular flexibility index (Phi) is 3.89. The second-order valence-electron chi connectivity index (χ2n) is 3.75. The van der Waals surface area contributed by atoms with Crippen LogP contribution >= 0.6 is 11.6 Å². The van der Waals surface area contributed by atoms with Crippen LogP contribution in [0.4, 0.5) is 0 Å². The van der Waals surface area contributed by atoms with Crippen LogP contribution in [0.3, 0.4) is 0 Å². The van der Waals surface area contributed by atoms with E-state index in [2.05, 4.69) is 9.97 Å². The van der Waals surface area contributed by atoms with Crippen LogP contribution in [0.1, 0.15) is 12.1 Å². The standard InChI is InChI=1S/C13H11ClN2O2/c14-13-10(6-7-12(17)18)16-11(8-15-13)9-4-2-1-3-5-9/h1-5,8H,6-7H2,(H,17,18). The van der Waals surface area contributed by atoms with Gasteiger partial charge in [-0.3, -0.25) is 4.79 Å². The fourth-order valence-corrected chi connectivity index (χ4v) is 1.73. The number of carboxylic acid groups (broad SMARTS) is 1. The first-order valence-electron chi connectivity index (χ1n) is 5.45. The van der Waals surface area contributed by atoms with Gasteiger partial charge in [0.1, 0.15) is 0 Å². The Hall–Kier alpha value is -1.94. The van der Waals surface area contributed by atoms with Gasteiger partial charge in [-0.25, -0.2) is 9.97 Å². The summed E-state index contributed by atoms with van der Waals surface area (Å²) in [6.07, 6.45) is 1.86. The maximum absolute atomic E-state index is 10.5. The molecule has 0 saturated carbocycles. The predicted octanol–water partition coefficient (Wildman–Crippen LogP) is 2.81. The molecule has 2 aromatic rings. The molecule has 1 aromatic heterocycles. The molecule has 5 heteroatoms. The topological polar surface area (TPSA) is 63.1 Å². The Balaban J connectivity index is 2.29. The lowest BCUT2D eigenvalue weighted by Gasteiger charge is -2.05. The molecule has 0 bridgehead atoms. The first-order valence-corrected chi connectivity index (χ1v) is 5.83. The number of nitrogens with zero attached hydrogens (tertiary/aromatic N) is 2. The lowest BCUT2D eigenvalue weighted by molar-refractivity contribution is -0.136. The van der Waals surface area contributed by atoms with Gasteiger partial charge < -0.3 is 5.11 Å². The van der Waals surface area contributed by atoms with Crippen LogP contribution in [0.15, 0.2) is 36.5 Å². The van der Waals surface area contributed by atoms with Gasteiger partial charge in [-0.1, -0.05) is 41.9 Å². The largest absolute Gasteiger partial charge is 0.481 e. The van der Waals surface area contributed by atoms with E-state index in [-0.39, 0.29) is 18.0 Å². The molecule has 1 N–H and O–H groups in total. The second-order valence-corrected chi connectivity index (χ2v) is 4.11. The van der Waals surface area contributed by atoms with Crippen molar-refractivity contribution in [3.63, 3.8) is 0 Å². The van der Waals surface area contributed by atoms with Crippen LogP contribution in [-0.4, -0.2) is 21.0 Å². The van der Waals surface area contributed by atoms with Crippen molar-refractivity contribution in [3.8, 4) is 11.3 Å². The zero-order valence-electron chi connectivity index (χ0n) is 9.51. The molecule has 0 atom stereocenters. The van der Waals surface area contributed by atoms with Crippen LogP contribution in [0.25, 0.3) is 11.3 Å². The van der Waals surface area contributed by atoms with Crippen molar-refractivity contribution in [2.75, 3.05) is 0 Å². The molecule has 2 rings (SSSR count). The summed E-state index contributed by atoms with van der Waals surface area (Å²) in [6, 6.07) is 9.56. The van der Waals surface area contributed by atoms with Crippen molar-refractivity contribution in [1.29, 1.82) is 0 Å². The van der Waals surface area contributed by atoms with Gasteiger partial charge in [0.2, 0.25) is 0 Å². The van der Waals surface area contributed by atoms with Gasteiger partial charge in [0, 0.05) is 12.0 Å². The Bertz CT molecular complexity index is 558.